The lowest BCUT2D eigenvalue weighted by atomic mass is 9.79. The minimum atomic E-state index is -0.660. The molecule has 2 aromatic rings. The first-order valence-corrected chi connectivity index (χ1v) is 12.3. The van der Waals surface area contributed by atoms with Gasteiger partial charge in [-0.1, -0.05) is 20.3 Å². The van der Waals surface area contributed by atoms with Gasteiger partial charge in [0, 0.05) is 44.0 Å². The number of nitrogens with one attached hydrogen (secondary N) is 4. The fourth-order valence-corrected chi connectivity index (χ4v) is 5.23. The Kier molecular flexibility index (Phi) is 7.37. The van der Waals surface area contributed by atoms with Gasteiger partial charge in [0.15, 0.2) is 0 Å². The summed E-state index contributed by atoms with van der Waals surface area (Å²) in [6.45, 7) is 6.02. The number of carbonyl (C=O) groups excluding carboxylic acids is 4. The number of nitrogens with zero attached hydrogens (tertiary/aromatic N) is 2. The highest BCUT2D eigenvalue weighted by atomic mass is 16.2. The molecule has 10 nitrogen and oxygen atoms in total. The van der Waals surface area contributed by atoms with E-state index in [4.69, 9.17) is 0 Å². The van der Waals surface area contributed by atoms with Gasteiger partial charge in [-0.3, -0.25) is 19.2 Å². The molecule has 35 heavy (non-hydrogen) atoms. The number of aromatic nitrogens is 3. The Balaban J connectivity index is 1.52. The van der Waals surface area contributed by atoms with Crippen molar-refractivity contribution in [3.05, 3.63) is 41.7 Å². The van der Waals surface area contributed by atoms with Crippen molar-refractivity contribution in [2.24, 2.45) is 11.8 Å². The van der Waals surface area contributed by atoms with Crippen molar-refractivity contribution in [1.82, 2.24) is 30.5 Å². The van der Waals surface area contributed by atoms with Gasteiger partial charge in [-0.25, -0.2) is 4.98 Å². The standard InChI is InChI=1S/C25H34N6O4/c1-4-14(2)22(29-15(3)32)25(35)30-19-6-5-16-7-8-31-12-17(9-20(33)21(19)23(16)31)24(34)27-11-18-10-26-13-28-18/h7-8,10,13-14,17,19,21-22H,4-6,9,11-12H2,1-3H3,(H,26,28)(H,27,34)(H,29,32)(H,30,35)/t14-,17?,19?,21?,22-/m0/s1. The predicted octanol–water partition coefficient (Wildman–Crippen LogP) is 1.18. The summed E-state index contributed by atoms with van der Waals surface area (Å²) in [4.78, 5) is 58.3. The first kappa shape index (κ1) is 24.7. The van der Waals surface area contributed by atoms with Crippen LogP contribution in [0.1, 0.15) is 62.9 Å². The fraction of sp³-hybridized carbons (Fsp3) is 0.560. The van der Waals surface area contributed by atoms with Crippen LogP contribution < -0.4 is 16.0 Å². The highest BCUT2D eigenvalue weighted by Gasteiger charge is 2.42. The fourth-order valence-electron chi connectivity index (χ4n) is 5.23. The van der Waals surface area contributed by atoms with E-state index >= 15 is 0 Å². The molecule has 1 aliphatic heterocycles. The lowest BCUT2D eigenvalue weighted by Crippen LogP contribution is -2.54. The van der Waals surface area contributed by atoms with Crippen molar-refractivity contribution in [1.29, 1.82) is 0 Å². The topological polar surface area (TPSA) is 138 Å². The molecule has 2 aromatic heterocycles. The molecule has 5 atom stereocenters. The third-order valence-corrected chi connectivity index (χ3v) is 7.29. The number of carbonyl (C=O) groups is 4. The summed E-state index contributed by atoms with van der Waals surface area (Å²) in [6, 6.07) is 0.966. The molecule has 0 bridgehead atoms. The molecule has 0 saturated heterocycles. The molecule has 10 heteroatoms. The summed E-state index contributed by atoms with van der Waals surface area (Å²) < 4.78 is 2.00. The summed E-state index contributed by atoms with van der Waals surface area (Å²) in [5.74, 6) is -1.83. The van der Waals surface area contributed by atoms with Gasteiger partial charge in [0.1, 0.15) is 11.8 Å². The van der Waals surface area contributed by atoms with E-state index in [1.807, 2.05) is 30.7 Å². The summed E-state index contributed by atoms with van der Waals surface area (Å²) in [5, 5.41) is 8.74. The molecule has 0 aromatic carbocycles. The molecule has 0 fully saturated rings. The second kappa shape index (κ2) is 10.5. The molecule has 4 N–H and O–H groups in total. The second-order valence-corrected chi connectivity index (χ2v) is 9.74. The zero-order valence-electron chi connectivity index (χ0n) is 20.5. The number of aryl methyl sites for hydroxylation is 1. The van der Waals surface area contributed by atoms with Gasteiger partial charge in [-0.15, -0.1) is 0 Å². The molecule has 3 amide bonds. The van der Waals surface area contributed by atoms with Crippen molar-refractivity contribution < 1.29 is 19.2 Å². The van der Waals surface area contributed by atoms with Crippen LogP contribution >= 0.6 is 0 Å². The normalized spacial score (nSPS) is 22.9. The largest absolute Gasteiger partial charge is 0.350 e. The smallest absolute Gasteiger partial charge is 0.243 e. The summed E-state index contributed by atoms with van der Waals surface area (Å²) in [5.41, 5.74) is 2.78. The van der Waals surface area contributed by atoms with Gasteiger partial charge in [0.25, 0.3) is 0 Å². The van der Waals surface area contributed by atoms with Gasteiger partial charge >= 0.3 is 0 Å². The van der Waals surface area contributed by atoms with E-state index in [-0.39, 0.29) is 41.9 Å². The summed E-state index contributed by atoms with van der Waals surface area (Å²) >= 11 is 0. The number of Topliss-reactive ketones (excluding diaryl/α,β-unsaturated/α-hetero) is 1. The minimum absolute atomic E-state index is 0.0463. The number of hydrogen-bond acceptors (Lipinski definition) is 5. The zero-order chi connectivity index (χ0) is 25.1. The van der Waals surface area contributed by atoms with Crippen LogP contribution in [0.4, 0.5) is 0 Å². The average molecular weight is 483 g/mol. The molecule has 3 heterocycles. The van der Waals surface area contributed by atoms with E-state index in [9.17, 15) is 19.2 Å². The van der Waals surface area contributed by atoms with Gasteiger partial charge < -0.3 is 25.5 Å². The number of hydrogen-bond donors (Lipinski definition) is 4. The Hall–Kier alpha value is -3.43. The molecule has 0 spiro atoms. The number of amides is 3. The van der Waals surface area contributed by atoms with Crippen molar-refractivity contribution >= 4 is 23.5 Å². The first-order chi connectivity index (χ1) is 16.8. The SMILES string of the molecule is CC[C@H](C)[C@H](NC(C)=O)C(=O)NC1CCc2ccn3c2C1C(=O)CC(C(=O)NCc1cnc[nH]1)C3. The maximum atomic E-state index is 13.5. The van der Waals surface area contributed by atoms with Gasteiger partial charge in [0.05, 0.1) is 30.4 Å². The molecule has 188 valence electrons. The molecule has 3 unspecified atom stereocenters. The molecular formula is C25H34N6O4. The van der Waals surface area contributed by atoms with E-state index in [2.05, 4.69) is 25.9 Å². The molecular weight excluding hydrogens is 448 g/mol. The van der Waals surface area contributed by atoms with Crippen LogP contribution in [0.2, 0.25) is 0 Å². The van der Waals surface area contributed by atoms with Crippen molar-refractivity contribution in [3.8, 4) is 0 Å². The molecule has 0 saturated carbocycles. The second-order valence-electron chi connectivity index (χ2n) is 9.74. The quantitative estimate of drug-likeness (QED) is 0.448. The van der Waals surface area contributed by atoms with Crippen LogP contribution in [0.25, 0.3) is 0 Å². The molecule has 4 rings (SSSR count). The first-order valence-electron chi connectivity index (χ1n) is 12.3. The van der Waals surface area contributed by atoms with Crippen molar-refractivity contribution in [2.75, 3.05) is 0 Å². The van der Waals surface area contributed by atoms with E-state index in [0.29, 0.717) is 19.5 Å². The Bertz CT molecular complexity index is 1090. The zero-order valence-corrected chi connectivity index (χ0v) is 20.5. The minimum Gasteiger partial charge on any atom is -0.350 e. The van der Waals surface area contributed by atoms with Crippen LogP contribution in [0.5, 0.6) is 0 Å². The van der Waals surface area contributed by atoms with E-state index in [0.717, 1.165) is 29.8 Å². The predicted molar refractivity (Wildman–Crippen MR) is 128 cm³/mol. The maximum absolute atomic E-state index is 13.5. The monoisotopic (exact) mass is 482 g/mol. The third kappa shape index (κ3) is 5.31. The number of imidazole rings is 1. The van der Waals surface area contributed by atoms with E-state index < -0.39 is 17.9 Å². The Morgan fingerprint density at radius 3 is 2.80 bits per heavy atom. The van der Waals surface area contributed by atoms with Crippen LogP contribution in [-0.4, -0.2) is 50.1 Å². The lowest BCUT2D eigenvalue weighted by Gasteiger charge is -2.34. The van der Waals surface area contributed by atoms with Gasteiger partial charge in [-0.2, -0.15) is 0 Å². The highest BCUT2D eigenvalue weighted by molar-refractivity contribution is 5.93. The van der Waals surface area contributed by atoms with Gasteiger partial charge in [0.2, 0.25) is 17.7 Å². The van der Waals surface area contributed by atoms with Crippen molar-refractivity contribution in [2.45, 2.75) is 77.5 Å². The van der Waals surface area contributed by atoms with Crippen LogP contribution in [0, 0.1) is 11.8 Å². The van der Waals surface area contributed by atoms with Crippen LogP contribution in [0.15, 0.2) is 24.8 Å². The molecule has 0 radical (unpaired) electrons. The lowest BCUT2D eigenvalue weighted by molar-refractivity contribution is -0.132. The Morgan fingerprint density at radius 1 is 1.31 bits per heavy atom. The number of rotatable bonds is 8. The van der Waals surface area contributed by atoms with E-state index in [1.54, 1.807) is 12.5 Å². The average Bonchev–Trinajstić information content (AvgIpc) is 3.46. The summed E-state index contributed by atoms with van der Waals surface area (Å²) in [7, 11) is 0. The maximum Gasteiger partial charge on any atom is 0.243 e. The number of ketones is 1. The highest BCUT2D eigenvalue weighted by Crippen LogP contribution is 2.38. The Morgan fingerprint density at radius 2 is 2.11 bits per heavy atom. The Labute approximate surface area is 204 Å². The third-order valence-electron chi connectivity index (χ3n) is 7.29. The number of aromatic amines is 1. The van der Waals surface area contributed by atoms with E-state index in [1.165, 1.54) is 6.92 Å². The van der Waals surface area contributed by atoms with Gasteiger partial charge in [-0.05, 0) is 30.4 Å². The van der Waals surface area contributed by atoms with Crippen LogP contribution in [-0.2, 0) is 38.7 Å². The summed E-state index contributed by atoms with van der Waals surface area (Å²) in [6.07, 6.45) is 7.34. The number of H-pyrrole nitrogens is 1. The van der Waals surface area contributed by atoms with Crippen molar-refractivity contribution in [3.63, 3.8) is 0 Å². The molecule has 1 aliphatic carbocycles. The molecule has 2 aliphatic rings. The van der Waals surface area contributed by atoms with Crippen LogP contribution in [0.3, 0.4) is 0 Å².